The minimum atomic E-state index is -0.391. The predicted molar refractivity (Wildman–Crippen MR) is 483 cm³/mol. The zero-order valence-electron chi connectivity index (χ0n) is 66.3. The molecule has 0 amide bonds. The topological polar surface area (TPSA) is 0 Å². The molecule has 0 radical (unpaired) electrons. The highest BCUT2D eigenvalue weighted by molar-refractivity contribution is 6.27. The Balaban J connectivity index is 0.000000113. The van der Waals surface area contributed by atoms with Crippen LogP contribution >= 0.6 is 0 Å². The lowest BCUT2D eigenvalue weighted by molar-refractivity contribution is 1.63. The molecule has 0 spiro atoms. The van der Waals surface area contributed by atoms with Gasteiger partial charge < -0.3 is 0 Å². The summed E-state index contributed by atoms with van der Waals surface area (Å²) in [4.78, 5) is 0. The lowest BCUT2D eigenvalue weighted by Crippen LogP contribution is -1.92. The Morgan fingerprint density at radius 1 is 0.125 bits per heavy atom. The maximum Gasteiger partial charge on any atom is 0.0629 e. The number of fused-ring (bicyclic) bond motifs is 10. The highest BCUT2D eigenvalue weighted by atomic mass is 14.3. The molecular formula is C112H74. The Kier molecular flexibility index (Phi) is 16.0. The van der Waals surface area contributed by atoms with Gasteiger partial charge in [-0.05, 0) is 250 Å². The molecule has 0 aromatic heterocycles. The van der Waals surface area contributed by atoms with E-state index in [0.29, 0.717) is 5.56 Å². The molecule has 22 aromatic carbocycles. The fraction of sp³-hybridized carbons (Fsp3) is 0. The molecule has 0 N–H and O–H groups in total. The Morgan fingerprint density at radius 2 is 0.348 bits per heavy atom. The fourth-order valence-electron chi connectivity index (χ4n) is 17.4. The zero-order chi connectivity index (χ0) is 78.6. The summed E-state index contributed by atoms with van der Waals surface area (Å²) < 4.78 is 42.5. The fourth-order valence-corrected chi connectivity index (χ4v) is 17.4. The molecule has 22 aromatic rings. The average molecular weight is 1420 g/mol. The summed E-state index contributed by atoms with van der Waals surface area (Å²) in [5.74, 6) is 0. The molecule has 0 aliphatic carbocycles. The van der Waals surface area contributed by atoms with Crippen LogP contribution in [0.3, 0.4) is 0 Å². The Hall–Kier alpha value is -14.6. The van der Waals surface area contributed by atoms with Gasteiger partial charge in [-0.1, -0.05) is 406 Å². The van der Waals surface area contributed by atoms with Crippen LogP contribution < -0.4 is 0 Å². The summed E-state index contributed by atoms with van der Waals surface area (Å²) in [6.07, 6.45) is 0. The standard InChI is InChI=1S/C40H26.2C36H24/c1-2-13-28(14-3-1)39-34-18-8-10-20-36(34)40(37-21-11-9-19-35(37)39)38-26-32(25-31-16-6-7-17-33(31)38)30-23-22-27-12-4-5-15-29(27)24-30;2*1-3-13-25(14-4-1)28-23-27-17-7-8-18-29(27)34(24-28)36-32-21-11-9-19-30(32)35(26-15-5-2-6-16-26)31-20-10-12-22-33(31)36/h1-26H;2*1-24H/i;2D,5D,6D,15D,16D;. The van der Waals surface area contributed by atoms with Crippen molar-refractivity contribution in [3.63, 3.8) is 0 Å². The van der Waals surface area contributed by atoms with Crippen molar-refractivity contribution in [3.8, 4) is 100 Å². The average Bonchev–Trinajstić information content (AvgIpc) is 0.734. The van der Waals surface area contributed by atoms with Gasteiger partial charge in [-0.3, -0.25) is 0 Å². The second-order valence-electron chi connectivity index (χ2n) is 28.8. The van der Waals surface area contributed by atoms with Gasteiger partial charge in [-0.15, -0.1) is 0 Å². The number of rotatable bonds is 9. The zero-order valence-corrected chi connectivity index (χ0v) is 61.3. The van der Waals surface area contributed by atoms with Gasteiger partial charge in [0.05, 0.1) is 6.85 Å². The van der Waals surface area contributed by atoms with Crippen molar-refractivity contribution in [2.75, 3.05) is 0 Å². The van der Waals surface area contributed by atoms with Crippen LogP contribution in [0.25, 0.3) is 208 Å². The summed E-state index contributed by atoms with van der Waals surface area (Å²) in [5.41, 5.74) is 20.4. The SMILES string of the molecule is [2H]c1c([2H])c([2H])c(-c2c3ccccc3c(-c3cc(-c4ccccc4)cc4ccccc34)c3ccccc23)c([2H])c1[2H].c1ccc(-c2c3ccccc3c(-c3cc(-c4ccc5ccccc5c4)cc4ccccc34)c3ccccc23)cc1.c1ccc(-c2cc(-c3c4ccccc4c(-c4ccccc4)c4ccccc34)c3ccccc3c2)cc1. The number of hydrogen-bond donors (Lipinski definition) is 0. The van der Waals surface area contributed by atoms with Crippen molar-refractivity contribution in [2.45, 2.75) is 0 Å². The maximum absolute atomic E-state index is 8.80. The summed E-state index contributed by atoms with van der Waals surface area (Å²) >= 11 is 0. The monoisotopic (exact) mass is 1420 g/mol. The Bertz CT molecular complexity index is 7470. The molecule has 0 saturated heterocycles. The summed E-state index contributed by atoms with van der Waals surface area (Å²) in [6.45, 7) is 0. The summed E-state index contributed by atoms with van der Waals surface area (Å²) in [5, 5.41) is 23.7. The van der Waals surface area contributed by atoms with E-state index in [2.05, 4.69) is 364 Å². The molecule has 0 heterocycles. The molecule has 0 saturated carbocycles. The first-order valence-corrected chi connectivity index (χ1v) is 38.4. The van der Waals surface area contributed by atoms with E-state index in [1.165, 1.54) is 142 Å². The molecule has 522 valence electrons. The molecule has 0 aliphatic rings. The quantitative estimate of drug-likeness (QED) is 0.126. The highest BCUT2D eigenvalue weighted by Crippen LogP contribution is 2.51. The third-order valence-electron chi connectivity index (χ3n) is 22.4. The van der Waals surface area contributed by atoms with Gasteiger partial charge in [0.25, 0.3) is 0 Å². The van der Waals surface area contributed by atoms with Crippen molar-refractivity contribution in [1.82, 2.24) is 0 Å². The predicted octanol–water partition coefficient (Wildman–Crippen LogP) is 31.6. The smallest absolute Gasteiger partial charge is 0.0622 e. The van der Waals surface area contributed by atoms with E-state index < -0.39 is 6.04 Å². The third-order valence-corrected chi connectivity index (χ3v) is 22.4. The van der Waals surface area contributed by atoms with E-state index >= 15 is 0 Å². The van der Waals surface area contributed by atoms with Crippen molar-refractivity contribution in [3.05, 3.63) is 449 Å². The van der Waals surface area contributed by atoms with Crippen LogP contribution in [0.4, 0.5) is 0 Å². The van der Waals surface area contributed by atoms with E-state index in [1.54, 1.807) is 0 Å². The molecule has 112 heavy (non-hydrogen) atoms. The van der Waals surface area contributed by atoms with Crippen LogP contribution in [0.5, 0.6) is 0 Å². The first-order valence-electron chi connectivity index (χ1n) is 40.9. The maximum atomic E-state index is 8.80. The van der Waals surface area contributed by atoms with Gasteiger partial charge in [0.1, 0.15) is 0 Å². The molecule has 0 heteroatoms. The van der Waals surface area contributed by atoms with Crippen LogP contribution in [-0.2, 0) is 0 Å². The molecular weight excluding hydrogens is 1350 g/mol. The number of benzene rings is 22. The van der Waals surface area contributed by atoms with Crippen LogP contribution in [-0.4, -0.2) is 0 Å². The summed E-state index contributed by atoms with van der Waals surface area (Å²) in [7, 11) is 0. The molecule has 0 bridgehead atoms. The van der Waals surface area contributed by atoms with Gasteiger partial charge in [-0.2, -0.15) is 0 Å². The normalized spacial score (nSPS) is 12.0. The van der Waals surface area contributed by atoms with Crippen molar-refractivity contribution >= 4 is 108 Å². The second-order valence-corrected chi connectivity index (χ2v) is 28.8. The van der Waals surface area contributed by atoms with E-state index in [1.807, 2.05) is 54.6 Å². The minimum Gasteiger partial charge on any atom is -0.0622 e. The first-order chi connectivity index (χ1) is 57.7. The van der Waals surface area contributed by atoms with Crippen molar-refractivity contribution < 1.29 is 6.85 Å². The van der Waals surface area contributed by atoms with Gasteiger partial charge >= 0.3 is 0 Å². The van der Waals surface area contributed by atoms with Crippen molar-refractivity contribution in [1.29, 1.82) is 0 Å². The first kappa shape index (κ1) is 61.5. The third kappa shape index (κ3) is 12.2. The van der Waals surface area contributed by atoms with Crippen LogP contribution in [0.2, 0.25) is 0 Å². The molecule has 0 unspecified atom stereocenters. The van der Waals surface area contributed by atoms with Gasteiger partial charge in [0, 0.05) is 0 Å². The van der Waals surface area contributed by atoms with Crippen LogP contribution in [0.15, 0.2) is 449 Å². The summed E-state index contributed by atoms with van der Waals surface area (Å²) in [6, 6.07) is 148. The van der Waals surface area contributed by atoms with E-state index in [0.717, 1.165) is 54.6 Å². The lowest BCUT2D eigenvalue weighted by atomic mass is 9.84. The van der Waals surface area contributed by atoms with Crippen LogP contribution in [0.1, 0.15) is 6.85 Å². The van der Waals surface area contributed by atoms with Gasteiger partial charge in [0.15, 0.2) is 0 Å². The molecule has 0 nitrogen and oxygen atoms in total. The van der Waals surface area contributed by atoms with E-state index in [9.17, 15) is 0 Å². The Labute approximate surface area is 659 Å². The second kappa shape index (κ2) is 29.2. The lowest BCUT2D eigenvalue weighted by Gasteiger charge is -2.19. The van der Waals surface area contributed by atoms with Gasteiger partial charge in [0.2, 0.25) is 0 Å². The highest BCUT2D eigenvalue weighted by Gasteiger charge is 2.23. The molecule has 0 aliphatic heterocycles. The van der Waals surface area contributed by atoms with Crippen LogP contribution in [0, 0.1) is 0 Å². The number of hydrogen-bond acceptors (Lipinski definition) is 0. The van der Waals surface area contributed by atoms with E-state index in [-0.39, 0.29) is 29.7 Å². The largest absolute Gasteiger partial charge is 0.0629 e. The van der Waals surface area contributed by atoms with Crippen molar-refractivity contribution in [2.24, 2.45) is 0 Å². The molecule has 0 fully saturated rings. The Morgan fingerprint density at radius 3 is 0.661 bits per heavy atom. The molecule has 0 atom stereocenters. The molecule has 22 rings (SSSR count). The van der Waals surface area contributed by atoms with E-state index in [4.69, 9.17) is 6.85 Å². The van der Waals surface area contributed by atoms with Gasteiger partial charge in [-0.25, -0.2) is 0 Å². The minimum absolute atomic E-state index is 0.199.